The monoisotopic (exact) mass is 483 g/mol. The quantitative estimate of drug-likeness (QED) is 0.335. The number of fused-ring (bicyclic) bond motifs is 1. The highest BCUT2D eigenvalue weighted by Gasteiger charge is 2.32. The molecule has 9 nitrogen and oxygen atoms in total. The summed E-state index contributed by atoms with van der Waals surface area (Å²) < 4.78 is 11.8. The van der Waals surface area contributed by atoms with Crippen molar-refractivity contribution in [1.82, 2.24) is 20.6 Å². The molecule has 0 fully saturated rings. The van der Waals surface area contributed by atoms with Crippen molar-refractivity contribution < 1.29 is 19.1 Å². The predicted octanol–water partition coefficient (Wildman–Crippen LogP) is 4.56. The molecule has 4 aromatic rings. The molecular formula is C27H25N5O4. The molecule has 1 amide bonds. The van der Waals surface area contributed by atoms with Gasteiger partial charge >= 0.3 is 0 Å². The van der Waals surface area contributed by atoms with Crippen molar-refractivity contribution in [3.05, 3.63) is 95.3 Å². The average Bonchev–Trinajstić information content (AvgIpc) is 3.45. The molecular weight excluding hydrogens is 458 g/mol. The van der Waals surface area contributed by atoms with Gasteiger partial charge in [0.2, 0.25) is 5.82 Å². The molecule has 36 heavy (non-hydrogen) atoms. The molecule has 0 saturated carbocycles. The van der Waals surface area contributed by atoms with Crippen molar-refractivity contribution in [3.63, 3.8) is 0 Å². The summed E-state index contributed by atoms with van der Waals surface area (Å²) in [6.45, 7) is 0.613. The first kappa shape index (κ1) is 23.2. The molecule has 0 bridgehead atoms. The summed E-state index contributed by atoms with van der Waals surface area (Å²) in [6, 6.07) is 22.4. The number of rotatable bonds is 9. The number of aryl methyl sites for hydroxylation is 1. The number of tetrazole rings is 1. The summed E-state index contributed by atoms with van der Waals surface area (Å²) in [6.07, 6.45) is 2.44. The van der Waals surface area contributed by atoms with E-state index in [2.05, 4.69) is 50.2 Å². The first-order valence-electron chi connectivity index (χ1n) is 11.8. The Morgan fingerprint density at radius 2 is 1.86 bits per heavy atom. The van der Waals surface area contributed by atoms with Gasteiger partial charge in [0.15, 0.2) is 17.6 Å². The fraction of sp³-hybridized carbons (Fsp3) is 0.222. The zero-order valence-corrected chi connectivity index (χ0v) is 19.5. The van der Waals surface area contributed by atoms with Gasteiger partial charge in [0, 0.05) is 5.56 Å². The number of carbonyl (C=O) groups is 2. The Balaban J connectivity index is 1.17. The van der Waals surface area contributed by atoms with Gasteiger partial charge in [-0.15, -0.1) is 10.2 Å². The van der Waals surface area contributed by atoms with Gasteiger partial charge in [-0.1, -0.05) is 41.6 Å². The standard InChI is InChI=1S/C27H25N5O4/c33-23-17-24(26-29-31-32-30-26)36-25-21(23)10-6-11-22(25)28-27(34)19-12-14-20(15-13-19)35-16-5-4-9-18-7-2-1-3-8-18/h1-3,6-8,10-15,24H,4-5,9,16-17H2,(H,28,34)(H,29,30,31,32). The molecule has 3 aromatic carbocycles. The first-order chi connectivity index (χ1) is 17.7. The summed E-state index contributed by atoms with van der Waals surface area (Å²) in [4.78, 5) is 25.5. The Hall–Kier alpha value is -4.53. The molecule has 0 aliphatic carbocycles. The maximum atomic E-state index is 12.9. The fourth-order valence-electron chi connectivity index (χ4n) is 4.06. The molecule has 0 radical (unpaired) electrons. The van der Waals surface area contributed by atoms with Crippen molar-refractivity contribution in [2.75, 3.05) is 11.9 Å². The van der Waals surface area contributed by atoms with Gasteiger partial charge in [-0.3, -0.25) is 9.59 Å². The summed E-state index contributed by atoms with van der Waals surface area (Å²) in [5.41, 5.74) is 2.59. The number of ketones is 1. The molecule has 0 saturated heterocycles. The maximum Gasteiger partial charge on any atom is 0.255 e. The van der Waals surface area contributed by atoms with Crippen molar-refractivity contribution in [2.24, 2.45) is 0 Å². The highest BCUT2D eigenvalue weighted by Crippen LogP contribution is 2.39. The highest BCUT2D eigenvalue weighted by molar-refractivity contribution is 6.08. The number of nitrogens with one attached hydrogen (secondary N) is 2. The van der Waals surface area contributed by atoms with E-state index in [0.717, 1.165) is 19.3 Å². The molecule has 2 N–H and O–H groups in total. The lowest BCUT2D eigenvalue weighted by Gasteiger charge is -2.25. The van der Waals surface area contributed by atoms with E-state index in [1.807, 2.05) is 6.07 Å². The summed E-state index contributed by atoms with van der Waals surface area (Å²) >= 11 is 0. The third-order valence-electron chi connectivity index (χ3n) is 5.93. The van der Waals surface area contributed by atoms with E-state index < -0.39 is 6.10 Å². The Kier molecular flexibility index (Phi) is 6.98. The lowest BCUT2D eigenvalue weighted by atomic mass is 9.99. The average molecular weight is 484 g/mol. The predicted molar refractivity (Wildman–Crippen MR) is 132 cm³/mol. The minimum atomic E-state index is -0.675. The molecule has 1 aliphatic heterocycles. The smallest absolute Gasteiger partial charge is 0.255 e. The van der Waals surface area contributed by atoms with E-state index in [1.165, 1.54) is 5.56 Å². The van der Waals surface area contributed by atoms with Gasteiger partial charge in [0.05, 0.1) is 24.3 Å². The maximum absolute atomic E-state index is 12.9. The van der Waals surface area contributed by atoms with Crippen LogP contribution >= 0.6 is 0 Å². The summed E-state index contributed by atoms with van der Waals surface area (Å²) in [5, 5.41) is 16.6. The Morgan fingerprint density at radius 3 is 2.64 bits per heavy atom. The first-order valence-corrected chi connectivity index (χ1v) is 11.8. The number of para-hydroxylation sites is 1. The highest BCUT2D eigenvalue weighted by atomic mass is 16.5. The molecule has 1 aliphatic rings. The van der Waals surface area contributed by atoms with Gasteiger partial charge in [-0.2, -0.15) is 5.21 Å². The van der Waals surface area contributed by atoms with Gasteiger partial charge in [0.1, 0.15) is 5.75 Å². The number of H-pyrrole nitrogens is 1. The largest absolute Gasteiger partial charge is 0.494 e. The number of amides is 1. The van der Waals surface area contributed by atoms with Crippen LogP contribution in [0.3, 0.4) is 0 Å². The number of unbranched alkanes of at least 4 members (excludes halogenated alkanes) is 1. The van der Waals surface area contributed by atoms with Crippen LogP contribution in [0.5, 0.6) is 11.5 Å². The fourth-order valence-corrected chi connectivity index (χ4v) is 4.06. The molecule has 182 valence electrons. The van der Waals surface area contributed by atoms with Gasteiger partial charge in [0.25, 0.3) is 5.91 Å². The number of Topliss-reactive ketones (excluding diaryl/α,β-unsaturated/α-hetero) is 1. The van der Waals surface area contributed by atoms with Crippen LogP contribution in [0.15, 0.2) is 72.8 Å². The molecule has 1 atom stereocenters. The van der Waals surface area contributed by atoms with E-state index in [9.17, 15) is 9.59 Å². The second-order valence-electron chi connectivity index (χ2n) is 8.46. The second-order valence-corrected chi connectivity index (χ2v) is 8.46. The van der Waals surface area contributed by atoms with E-state index in [-0.39, 0.29) is 23.9 Å². The molecule has 2 heterocycles. The van der Waals surface area contributed by atoms with Crippen LogP contribution in [-0.2, 0) is 6.42 Å². The summed E-state index contributed by atoms with van der Waals surface area (Å²) in [7, 11) is 0. The minimum Gasteiger partial charge on any atom is -0.494 e. The van der Waals surface area contributed by atoms with E-state index in [4.69, 9.17) is 9.47 Å². The number of nitrogens with zero attached hydrogens (tertiary/aromatic N) is 3. The van der Waals surface area contributed by atoms with E-state index in [0.29, 0.717) is 34.9 Å². The molecule has 9 heteroatoms. The van der Waals surface area contributed by atoms with Gasteiger partial charge < -0.3 is 14.8 Å². The number of hydrogen-bond acceptors (Lipinski definition) is 7. The van der Waals surface area contributed by atoms with Crippen LogP contribution in [0.2, 0.25) is 0 Å². The number of hydrogen-bond donors (Lipinski definition) is 2. The normalized spacial score (nSPS) is 14.6. The van der Waals surface area contributed by atoms with Crippen LogP contribution < -0.4 is 14.8 Å². The third kappa shape index (κ3) is 5.41. The van der Waals surface area contributed by atoms with Crippen molar-refractivity contribution in [1.29, 1.82) is 0 Å². The Labute approximate surface area is 207 Å². The van der Waals surface area contributed by atoms with Crippen LogP contribution in [-0.4, -0.2) is 38.9 Å². The van der Waals surface area contributed by atoms with E-state index in [1.54, 1.807) is 42.5 Å². The van der Waals surface area contributed by atoms with Crippen LogP contribution in [0, 0.1) is 0 Å². The third-order valence-corrected chi connectivity index (χ3v) is 5.93. The number of carbonyl (C=O) groups excluding carboxylic acids is 2. The zero-order chi connectivity index (χ0) is 24.7. The molecule has 0 spiro atoms. The second kappa shape index (κ2) is 10.8. The van der Waals surface area contributed by atoms with Gasteiger partial charge in [-0.05, 0) is 61.2 Å². The Bertz CT molecular complexity index is 1320. The molecule has 5 rings (SSSR count). The van der Waals surface area contributed by atoms with Crippen LogP contribution in [0.4, 0.5) is 5.69 Å². The lowest BCUT2D eigenvalue weighted by Crippen LogP contribution is -2.23. The van der Waals surface area contributed by atoms with Gasteiger partial charge in [-0.25, -0.2) is 0 Å². The number of benzene rings is 3. The van der Waals surface area contributed by atoms with Crippen molar-refractivity contribution in [2.45, 2.75) is 31.8 Å². The minimum absolute atomic E-state index is 0.0949. The molecule has 1 unspecified atom stereocenters. The SMILES string of the molecule is O=C(Nc1cccc2c1OC(c1nn[nH]n1)CC2=O)c1ccc(OCCCCc2ccccc2)cc1. The zero-order valence-electron chi connectivity index (χ0n) is 19.5. The van der Waals surface area contributed by atoms with E-state index >= 15 is 0 Å². The number of aromatic nitrogens is 4. The number of anilines is 1. The topological polar surface area (TPSA) is 119 Å². The van der Waals surface area contributed by atoms with Crippen LogP contribution in [0.1, 0.15) is 57.5 Å². The van der Waals surface area contributed by atoms with Crippen molar-refractivity contribution >= 4 is 17.4 Å². The number of ether oxygens (including phenoxy) is 2. The summed E-state index contributed by atoms with van der Waals surface area (Å²) in [5.74, 6) is 0.848. The molecule has 1 aromatic heterocycles. The number of aromatic amines is 1. The lowest BCUT2D eigenvalue weighted by molar-refractivity contribution is 0.0838. The van der Waals surface area contributed by atoms with Crippen molar-refractivity contribution in [3.8, 4) is 11.5 Å². The van der Waals surface area contributed by atoms with Crippen LogP contribution in [0.25, 0.3) is 0 Å². The Morgan fingerprint density at radius 1 is 1.03 bits per heavy atom.